The van der Waals surface area contributed by atoms with Gasteiger partial charge in [-0.2, -0.15) is 0 Å². The fourth-order valence-corrected chi connectivity index (χ4v) is 2.76. The van der Waals surface area contributed by atoms with Gasteiger partial charge in [0.05, 0.1) is 17.1 Å². The average molecular weight is 297 g/mol. The highest BCUT2D eigenvalue weighted by Crippen LogP contribution is 2.44. The van der Waals surface area contributed by atoms with Gasteiger partial charge >= 0.3 is 5.97 Å². The molecule has 0 bridgehead atoms. The number of carboxylic acid groups (broad SMARTS) is 1. The van der Waals surface area contributed by atoms with E-state index in [1.165, 1.54) is 6.07 Å². The van der Waals surface area contributed by atoms with Crippen molar-refractivity contribution < 1.29 is 14.7 Å². The van der Waals surface area contributed by atoms with E-state index < -0.39 is 11.9 Å². The molecule has 20 heavy (non-hydrogen) atoms. The zero-order chi connectivity index (χ0) is 14.8. The fraction of sp³-hybridized carbons (Fsp3) is 0.429. The number of carbonyl (C=O) groups excluding carboxylic acids is 1. The summed E-state index contributed by atoms with van der Waals surface area (Å²) in [7, 11) is 0. The third-order valence-electron chi connectivity index (χ3n) is 3.85. The van der Waals surface area contributed by atoms with Crippen molar-refractivity contribution in [2.24, 2.45) is 11.1 Å². The highest BCUT2D eigenvalue weighted by Gasteiger charge is 2.38. The molecule has 0 heterocycles. The summed E-state index contributed by atoms with van der Waals surface area (Å²) in [5, 5.41) is 12.5. The molecule has 5 nitrogen and oxygen atoms in total. The number of amides is 1. The lowest BCUT2D eigenvalue weighted by Gasteiger charge is -2.41. The topological polar surface area (TPSA) is 92.4 Å². The molecule has 1 fully saturated rings. The number of carboxylic acids is 1. The van der Waals surface area contributed by atoms with E-state index in [1.54, 1.807) is 12.1 Å². The van der Waals surface area contributed by atoms with Crippen molar-refractivity contribution >= 4 is 29.2 Å². The summed E-state index contributed by atoms with van der Waals surface area (Å²) in [5.41, 5.74) is 6.03. The Kier molecular flexibility index (Phi) is 4.18. The van der Waals surface area contributed by atoms with E-state index in [1.807, 2.05) is 0 Å². The molecule has 1 aliphatic rings. The van der Waals surface area contributed by atoms with E-state index in [2.05, 4.69) is 5.32 Å². The molecule has 0 unspecified atom stereocenters. The van der Waals surface area contributed by atoms with Crippen LogP contribution in [0.25, 0.3) is 0 Å². The van der Waals surface area contributed by atoms with Gasteiger partial charge in [0.15, 0.2) is 0 Å². The molecule has 0 saturated heterocycles. The second-order valence-corrected chi connectivity index (χ2v) is 5.74. The number of hydrogen-bond donors (Lipinski definition) is 3. The van der Waals surface area contributed by atoms with Crippen LogP contribution in [0.1, 0.15) is 36.0 Å². The SMILES string of the molecule is NC(=O)c1ccc(NCC2(CC(=O)O)CCC2)c(Cl)c1. The van der Waals surface area contributed by atoms with Gasteiger partial charge < -0.3 is 16.2 Å². The zero-order valence-corrected chi connectivity index (χ0v) is 11.7. The number of hydrogen-bond acceptors (Lipinski definition) is 3. The third kappa shape index (κ3) is 3.22. The van der Waals surface area contributed by atoms with Crippen LogP contribution in [0.15, 0.2) is 18.2 Å². The minimum absolute atomic E-state index is 0.164. The lowest BCUT2D eigenvalue weighted by Crippen LogP contribution is -2.38. The number of rotatable bonds is 6. The van der Waals surface area contributed by atoms with Crippen LogP contribution >= 0.6 is 11.6 Å². The van der Waals surface area contributed by atoms with Crippen molar-refractivity contribution in [1.29, 1.82) is 0 Å². The molecule has 108 valence electrons. The quantitative estimate of drug-likeness (QED) is 0.752. The number of primary amides is 1. The van der Waals surface area contributed by atoms with Crippen LogP contribution in [0.4, 0.5) is 5.69 Å². The highest BCUT2D eigenvalue weighted by molar-refractivity contribution is 6.33. The maximum absolute atomic E-state index is 11.0. The second kappa shape index (κ2) is 5.71. The van der Waals surface area contributed by atoms with Crippen molar-refractivity contribution in [3.8, 4) is 0 Å². The monoisotopic (exact) mass is 296 g/mol. The molecular formula is C14H17ClN2O3. The van der Waals surface area contributed by atoms with Gasteiger partial charge in [0.2, 0.25) is 5.91 Å². The number of benzene rings is 1. The lowest BCUT2D eigenvalue weighted by molar-refractivity contribution is -0.141. The van der Waals surface area contributed by atoms with Crippen molar-refractivity contribution in [2.45, 2.75) is 25.7 Å². The van der Waals surface area contributed by atoms with Crippen LogP contribution in [-0.2, 0) is 4.79 Å². The van der Waals surface area contributed by atoms with Crippen molar-refractivity contribution in [3.63, 3.8) is 0 Å². The Morgan fingerprint density at radius 2 is 2.10 bits per heavy atom. The molecule has 1 saturated carbocycles. The van der Waals surface area contributed by atoms with Gasteiger partial charge in [-0.1, -0.05) is 18.0 Å². The third-order valence-corrected chi connectivity index (χ3v) is 4.16. The smallest absolute Gasteiger partial charge is 0.303 e. The maximum Gasteiger partial charge on any atom is 0.303 e. The normalized spacial score (nSPS) is 16.2. The Balaban J connectivity index is 2.03. The van der Waals surface area contributed by atoms with Crippen LogP contribution in [0.5, 0.6) is 0 Å². The first kappa shape index (κ1) is 14.7. The zero-order valence-electron chi connectivity index (χ0n) is 11.0. The van der Waals surface area contributed by atoms with Gasteiger partial charge in [0, 0.05) is 12.1 Å². The van der Waals surface area contributed by atoms with Crippen LogP contribution in [0.3, 0.4) is 0 Å². The summed E-state index contributed by atoms with van der Waals surface area (Å²) < 4.78 is 0. The molecule has 0 radical (unpaired) electrons. The first-order valence-electron chi connectivity index (χ1n) is 6.47. The summed E-state index contributed by atoms with van der Waals surface area (Å²) in [4.78, 5) is 21.9. The summed E-state index contributed by atoms with van der Waals surface area (Å²) >= 11 is 6.08. The van der Waals surface area contributed by atoms with Gasteiger partial charge in [0.25, 0.3) is 0 Å². The second-order valence-electron chi connectivity index (χ2n) is 5.34. The van der Waals surface area contributed by atoms with Crippen molar-refractivity contribution in [1.82, 2.24) is 0 Å². The molecule has 6 heteroatoms. The minimum atomic E-state index is -0.776. The van der Waals surface area contributed by atoms with E-state index in [9.17, 15) is 9.59 Å². The standard InChI is InChI=1S/C14H17ClN2O3/c15-10-6-9(13(16)20)2-3-11(10)17-8-14(4-1-5-14)7-12(18)19/h2-3,6,17H,1,4-5,7-8H2,(H2,16,20)(H,18,19). The lowest BCUT2D eigenvalue weighted by atomic mass is 9.66. The van der Waals surface area contributed by atoms with E-state index in [0.717, 1.165) is 19.3 Å². The predicted molar refractivity (Wildman–Crippen MR) is 77.0 cm³/mol. The molecule has 1 amide bonds. The van der Waals surface area contributed by atoms with Gasteiger partial charge in [-0.25, -0.2) is 0 Å². The van der Waals surface area contributed by atoms with E-state index in [-0.39, 0.29) is 11.8 Å². The van der Waals surface area contributed by atoms with Gasteiger partial charge in [-0.15, -0.1) is 0 Å². The molecule has 2 rings (SSSR count). The molecule has 0 aromatic heterocycles. The Labute approximate surface area is 122 Å². The number of nitrogens with one attached hydrogen (secondary N) is 1. The van der Waals surface area contributed by atoms with Crippen LogP contribution in [0.2, 0.25) is 5.02 Å². The number of nitrogens with two attached hydrogens (primary N) is 1. The number of anilines is 1. The number of aliphatic carboxylic acids is 1. The molecule has 0 aliphatic heterocycles. The van der Waals surface area contributed by atoms with Crippen LogP contribution < -0.4 is 11.1 Å². The molecular weight excluding hydrogens is 280 g/mol. The Morgan fingerprint density at radius 1 is 1.40 bits per heavy atom. The van der Waals surface area contributed by atoms with Gasteiger partial charge in [0.1, 0.15) is 0 Å². The molecule has 1 aromatic rings. The molecule has 0 atom stereocenters. The number of carbonyl (C=O) groups is 2. The largest absolute Gasteiger partial charge is 0.481 e. The average Bonchev–Trinajstić information content (AvgIpc) is 2.33. The fourth-order valence-electron chi connectivity index (χ4n) is 2.51. The summed E-state index contributed by atoms with van der Waals surface area (Å²) in [6, 6.07) is 4.80. The molecule has 4 N–H and O–H groups in total. The first-order valence-corrected chi connectivity index (χ1v) is 6.85. The van der Waals surface area contributed by atoms with Crippen LogP contribution in [0, 0.1) is 5.41 Å². The van der Waals surface area contributed by atoms with E-state index >= 15 is 0 Å². The number of halogens is 1. The first-order chi connectivity index (χ1) is 9.42. The highest BCUT2D eigenvalue weighted by atomic mass is 35.5. The van der Waals surface area contributed by atoms with Gasteiger partial charge in [-0.05, 0) is 36.5 Å². The predicted octanol–water partition coefficient (Wildman–Crippen LogP) is 2.50. The van der Waals surface area contributed by atoms with E-state index in [0.29, 0.717) is 22.8 Å². The van der Waals surface area contributed by atoms with Crippen molar-refractivity contribution in [3.05, 3.63) is 28.8 Å². The van der Waals surface area contributed by atoms with Gasteiger partial charge in [-0.3, -0.25) is 9.59 Å². The summed E-state index contributed by atoms with van der Waals surface area (Å²) in [6.45, 7) is 0.564. The minimum Gasteiger partial charge on any atom is -0.481 e. The summed E-state index contributed by atoms with van der Waals surface area (Å²) in [6.07, 6.45) is 3.03. The van der Waals surface area contributed by atoms with E-state index in [4.69, 9.17) is 22.4 Å². The van der Waals surface area contributed by atoms with Crippen LogP contribution in [-0.4, -0.2) is 23.5 Å². The summed E-state index contributed by atoms with van der Waals surface area (Å²) in [5.74, 6) is -1.30. The Bertz CT molecular complexity index is 541. The molecule has 1 aliphatic carbocycles. The molecule has 0 spiro atoms. The molecule has 1 aromatic carbocycles. The van der Waals surface area contributed by atoms with Crippen molar-refractivity contribution in [2.75, 3.05) is 11.9 Å². The maximum atomic E-state index is 11.0. The Hall–Kier alpha value is -1.75. The Morgan fingerprint density at radius 3 is 2.55 bits per heavy atom.